The topological polar surface area (TPSA) is 52.2 Å². The fourth-order valence-electron chi connectivity index (χ4n) is 5.16. The molecular formula is C26H30N4O. The number of likely N-dealkylation sites (tertiary alicyclic amines) is 1. The van der Waals surface area contributed by atoms with Crippen LogP contribution in [0.3, 0.4) is 0 Å². The lowest BCUT2D eigenvalue weighted by Crippen LogP contribution is -2.51. The van der Waals surface area contributed by atoms with Gasteiger partial charge in [0.05, 0.1) is 0 Å². The number of aromatic nitrogens is 2. The molecular weight excluding hydrogens is 384 g/mol. The summed E-state index contributed by atoms with van der Waals surface area (Å²) in [6.07, 6.45) is 4.43. The van der Waals surface area contributed by atoms with Crippen LogP contribution in [-0.4, -0.2) is 57.9 Å². The largest absolute Gasteiger partial charge is 0.341 e. The van der Waals surface area contributed by atoms with Crippen molar-refractivity contribution in [2.45, 2.75) is 44.7 Å². The number of piperidine rings is 1. The summed E-state index contributed by atoms with van der Waals surface area (Å²) >= 11 is 0. The zero-order chi connectivity index (χ0) is 21.4. The van der Waals surface area contributed by atoms with Crippen LogP contribution in [0, 0.1) is 6.92 Å². The fraction of sp³-hybridized carbons (Fsp3) is 0.385. The summed E-state index contributed by atoms with van der Waals surface area (Å²) in [5.41, 5.74) is 5.33. The van der Waals surface area contributed by atoms with Crippen LogP contribution in [0.2, 0.25) is 0 Å². The number of hydrogen-bond acceptors (Lipinski definition) is 3. The number of carbonyl (C=O) groups excluding carboxylic acids is 1. The average molecular weight is 415 g/mol. The van der Waals surface area contributed by atoms with E-state index >= 15 is 0 Å². The lowest BCUT2D eigenvalue weighted by Gasteiger charge is -2.40. The highest BCUT2D eigenvalue weighted by atomic mass is 16.2. The Kier molecular flexibility index (Phi) is 5.36. The number of carbonyl (C=O) groups is 1. The van der Waals surface area contributed by atoms with Gasteiger partial charge in [0.15, 0.2) is 0 Å². The Morgan fingerprint density at radius 2 is 1.74 bits per heavy atom. The maximum atomic E-state index is 13.3. The molecule has 1 N–H and O–H groups in total. The van der Waals surface area contributed by atoms with Crippen molar-refractivity contribution in [3.63, 3.8) is 0 Å². The van der Waals surface area contributed by atoms with Gasteiger partial charge in [-0.25, -0.2) is 4.98 Å². The molecule has 2 heterocycles. The van der Waals surface area contributed by atoms with Crippen molar-refractivity contribution >= 4 is 5.91 Å². The number of H-pyrrole nitrogens is 1. The number of nitrogens with one attached hydrogen (secondary N) is 1. The van der Waals surface area contributed by atoms with Crippen molar-refractivity contribution in [2.24, 2.45) is 0 Å². The minimum atomic E-state index is 0.0116. The van der Waals surface area contributed by atoms with Crippen molar-refractivity contribution in [2.75, 3.05) is 20.1 Å². The summed E-state index contributed by atoms with van der Waals surface area (Å²) in [6.45, 7) is 4.00. The first kappa shape index (κ1) is 20.0. The number of aromatic amines is 1. The fourth-order valence-corrected chi connectivity index (χ4v) is 5.16. The maximum absolute atomic E-state index is 13.3. The number of nitrogens with zero attached hydrogens (tertiary/aromatic N) is 3. The van der Waals surface area contributed by atoms with E-state index in [1.165, 1.54) is 11.1 Å². The van der Waals surface area contributed by atoms with Crippen LogP contribution in [0.4, 0.5) is 0 Å². The normalized spacial score (nSPS) is 19.4. The number of likely N-dealkylation sites (N-methyl/N-ethyl adjacent to an activating group) is 1. The minimum Gasteiger partial charge on any atom is -0.341 e. The highest BCUT2D eigenvalue weighted by molar-refractivity contribution is 5.94. The van der Waals surface area contributed by atoms with Gasteiger partial charge in [0.2, 0.25) is 0 Å². The van der Waals surface area contributed by atoms with E-state index in [-0.39, 0.29) is 11.9 Å². The number of fused-ring (bicyclic) bond motifs is 1. The predicted molar refractivity (Wildman–Crippen MR) is 123 cm³/mol. The van der Waals surface area contributed by atoms with Crippen LogP contribution in [0.15, 0.2) is 54.6 Å². The molecule has 2 aliphatic rings. The molecule has 5 heteroatoms. The van der Waals surface area contributed by atoms with E-state index in [0.29, 0.717) is 11.7 Å². The van der Waals surface area contributed by atoms with Gasteiger partial charge in [-0.05, 0) is 50.3 Å². The smallest absolute Gasteiger partial charge is 0.274 e. The van der Waals surface area contributed by atoms with Gasteiger partial charge in [0.1, 0.15) is 11.5 Å². The zero-order valence-electron chi connectivity index (χ0n) is 18.3. The van der Waals surface area contributed by atoms with E-state index in [4.69, 9.17) is 0 Å². The maximum Gasteiger partial charge on any atom is 0.274 e. The number of imidazole rings is 1. The van der Waals surface area contributed by atoms with Gasteiger partial charge < -0.3 is 9.88 Å². The third-order valence-corrected chi connectivity index (χ3v) is 6.98. The lowest BCUT2D eigenvalue weighted by molar-refractivity contribution is 0.0550. The highest BCUT2D eigenvalue weighted by Crippen LogP contribution is 2.29. The molecule has 5 rings (SSSR count). The molecule has 1 fully saturated rings. The minimum absolute atomic E-state index is 0.0116. The summed E-state index contributed by atoms with van der Waals surface area (Å²) < 4.78 is 0. The van der Waals surface area contributed by atoms with Gasteiger partial charge in [-0.1, -0.05) is 54.6 Å². The molecule has 0 saturated carbocycles. The third kappa shape index (κ3) is 3.90. The lowest BCUT2D eigenvalue weighted by atomic mass is 10.0. The third-order valence-electron chi connectivity index (χ3n) is 6.98. The highest BCUT2D eigenvalue weighted by Gasteiger charge is 2.33. The van der Waals surface area contributed by atoms with Gasteiger partial charge in [-0.2, -0.15) is 0 Å². The molecule has 1 saturated heterocycles. The monoisotopic (exact) mass is 414 g/mol. The second-order valence-electron chi connectivity index (χ2n) is 8.96. The van der Waals surface area contributed by atoms with Gasteiger partial charge in [-0.15, -0.1) is 0 Å². The Bertz CT molecular complexity index is 1050. The van der Waals surface area contributed by atoms with Crippen LogP contribution in [0.5, 0.6) is 0 Å². The first-order valence-electron chi connectivity index (χ1n) is 11.3. The van der Waals surface area contributed by atoms with Crippen LogP contribution in [0.1, 0.15) is 40.2 Å². The van der Waals surface area contributed by atoms with Crippen molar-refractivity contribution in [3.05, 3.63) is 77.1 Å². The SMILES string of the molecule is Cc1[nH]c(-c2ccccc2)nc1C(=O)N(C)C1CCCN(C2Cc3ccccc3C2)C1. The summed E-state index contributed by atoms with van der Waals surface area (Å²) in [5.74, 6) is 0.765. The summed E-state index contributed by atoms with van der Waals surface area (Å²) in [7, 11) is 1.94. The Hall–Kier alpha value is -2.92. The average Bonchev–Trinajstić information content (AvgIpc) is 3.42. The standard InChI is InChI=1S/C26H30N4O/c1-18-24(28-25(27-18)19-9-4-3-5-10-19)26(31)29(2)22-13-8-14-30(17-22)23-15-20-11-6-7-12-21(20)16-23/h3-7,9-12,22-23H,8,13-17H2,1-2H3,(H,27,28). The second-order valence-corrected chi connectivity index (χ2v) is 8.96. The first-order chi connectivity index (χ1) is 15.1. The summed E-state index contributed by atoms with van der Waals surface area (Å²) in [4.78, 5) is 25.8. The molecule has 2 aromatic carbocycles. The number of hydrogen-bond donors (Lipinski definition) is 1. The van der Waals surface area contributed by atoms with Crippen molar-refractivity contribution in [3.8, 4) is 11.4 Å². The molecule has 3 aromatic rings. The van der Waals surface area contributed by atoms with Crippen LogP contribution in [-0.2, 0) is 12.8 Å². The second kappa shape index (κ2) is 8.31. The van der Waals surface area contributed by atoms with E-state index < -0.39 is 0 Å². The van der Waals surface area contributed by atoms with Gasteiger partial charge >= 0.3 is 0 Å². The van der Waals surface area contributed by atoms with Crippen molar-refractivity contribution in [1.29, 1.82) is 0 Å². The van der Waals surface area contributed by atoms with E-state index in [1.807, 2.05) is 49.2 Å². The zero-order valence-corrected chi connectivity index (χ0v) is 18.3. The number of aryl methyl sites for hydroxylation is 1. The van der Waals surface area contributed by atoms with Gasteiger partial charge in [-0.3, -0.25) is 9.69 Å². The van der Waals surface area contributed by atoms with Gasteiger partial charge in [0.25, 0.3) is 5.91 Å². The molecule has 1 amide bonds. The van der Waals surface area contributed by atoms with Crippen LogP contribution >= 0.6 is 0 Å². The first-order valence-corrected chi connectivity index (χ1v) is 11.3. The molecule has 5 nitrogen and oxygen atoms in total. The molecule has 1 unspecified atom stereocenters. The number of amides is 1. The molecule has 1 atom stereocenters. The molecule has 31 heavy (non-hydrogen) atoms. The number of rotatable bonds is 4. The molecule has 0 radical (unpaired) electrons. The number of benzene rings is 2. The molecule has 1 aliphatic carbocycles. The summed E-state index contributed by atoms with van der Waals surface area (Å²) in [6, 6.07) is 19.6. The predicted octanol–water partition coefficient (Wildman–Crippen LogP) is 4.09. The van der Waals surface area contributed by atoms with E-state index in [9.17, 15) is 4.79 Å². The Balaban J connectivity index is 1.28. The molecule has 160 valence electrons. The van der Waals surface area contributed by atoms with E-state index in [1.54, 1.807) is 0 Å². The molecule has 1 aromatic heterocycles. The molecule has 0 spiro atoms. The quantitative estimate of drug-likeness (QED) is 0.700. The summed E-state index contributed by atoms with van der Waals surface area (Å²) in [5, 5.41) is 0. The van der Waals surface area contributed by atoms with Crippen molar-refractivity contribution < 1.29 is 4.79 Å². The Morgan fingerprint density at radius 1 is 1.06 bits per heavy atom. The van der Waals surface area contributed by atoms with Gasteiger partial charge in [0, 0.05) is 36.9 Å². The molecule has 0 bridgehead atoms. The van der Waals surface area contributed by atoms with Crippen LogP contribution in [0.25, 0.3) is 11.4 Å². The molecule has 1 aliphatic heterocycles. The van der Waals surface area contributed by atoms with Crippen molar-refractivity contribution in [1.82, 2.24) is 19.8 Å². The Morgan fingerprint density at radius 3 is 2.45 bits per heavy atom. The van der Waals surface area contributed by atoms with E-state index in [2.05, 4.69) is 39.1 Å². The van der Waals surface area contributed by atoms with Crippen LogP contribution < -0.4 is 0 Å². The Labute approximate surface area is 184 Å². The van der Waals surface area contributed by atoms with E-state index in [0.717, 1.165) is 55.9 Å².